The van der Waals surface area contributed by atoms with E-state index in [-0.39, 0.29) is 17.2 Å². The lowest BCUT2D eigenvalue weighted by molar-refractivity contribution is -0.115. The van der Waals surface area contributed by atoms with Crippen LogP contribution in [0.4, 0.5) is 5.69 Å². The van der Waals surface area contributed by atoms with Crippen LogP contribution in [0.5, 0.6) is 0 Å². The zero-order valence-electron chi connectivity index (χ0n) is 13.9. The third-order valence-electron chi connectivity index (χ3n) is 4.14. The van der Waals surface area contributed by atoms with Crippen molar-refractivity contribution in [1.29, 1.82) is 0 Å². The molecule has 0 unspecified atom stereocenters. The summed E-state index contributed by atoms with van der Waals surface area (Å²) in [4.78, 5) is 12.3. The van der Waals surface area contributed by atoms with E-state index in [9.17, 15) is 13.2 Å². The van der Waals surface area contributed by atoms with Crippen molar-refractivity contribution < 1.29 is 17.6 Å². The molecular weight excluding hydrogens is 340 g/mol. The van der Waals surface area contributed by atoms with Gasteiger partial charge in [0, 0.05) is 16.6 Å². The number of nitrogens with one attached hydrogen (secondary N) is 1. The minimum absolute atomic E-state index is 0.0508. The number of hydrogen-bond acceptors (Lipinski definition) is 4. The molecule has 0 aliphatic carbocycles. The average molecular weight is 358 g/mol. The van der Waals surface area contributed by atoms with Gasteiger partial charge in [0.25, 0.3) is 0 Å². The number of carbonyl (C=O) groups excluding carboxylic acids is 1. The molecule has 0 radical (unpaired) electrons. The molecule has 7 heteroatoms. The summed E-state index contributed by atoms with van der Waals surface area (Å²) in [6, 6.07) is 9.76. The van der Waals surface area contributed by atoms with Crippen LogP contribution in [0.2, 0.25) is 0 Å². The molecule has 2 aromatic carbocycles. The summed E-state index contributed by atoms with van der Waals surface area (Å²) in [6.45, 7) is 3.98. The van der Waals surface area contributed by atoms with Gasteiger partial charge >= 0.3 is 0 Å². The van der Waals surface area contributed by atoms with Gasteiger partial charge in [0.15, 0.2) is 0 Å². The van der Waals surface area contributed by atoms with Crippen molar-refractivity contribution in [2.24, 2.45) is 5.14 Å². The van der Waals surface area contributed by atoms with E-state index in [4.69, 9.17) is 9.56 Å². The normalized spacial score (nSPS) is 11.6. The van der Waals surface area contributed by atoms with Gasteiger partial charge in [-0.25, -0.2) is 13.6 Å². The maximum absolute atomic E-state index is 12.3. The molecule has 0 aliphatic heterocycles. The van der Waals surface area contributed by atoms with Crippen molar-refractivity contribution >= 4 is 32.6 Å². The van der Waals surface area contributed by atoms with Crippen molar-refractivity contribution in [3.05, 3.63) is 59.4 Å². The second-order valence-corrected chi connectivity index (χ2v) is 7.50. The number of hydrogen-bond donors (Lipinski definition) is 2. The zero-order valence-corrected chi connectivity index (χ0v) is 14.7. The fraction of sp³-hybridized carbons (Fsp3) is 0.167. The average Bonchev–Trinajstić information content (AvgIpc) is 2.94. The molecule has 3 N–H and O–H groups in total. The highest BCUT2D eigenvalue weighted by Gasteiger charge is 2.14. The van der Waals surface area contributed by atoms with Crippen LogP contribution < -0.4 is 10.5 Å². The van der Waals surface area contributed by atoms with Gasteiger partial charge in [-0.2, -0.15) is 0 Å². The lowest BCUT2D eigenvalue weighted by atomic mass is 10.0. The number of furan rings is 1. The number of nitrogens with two attached hydrogens (primary N) is 1. The Morgan fingerprint density at radius 1 is 1.20 bits per heavy atom. The highest BCUT2D eigenvalue weighted by Crippen LogP contribution is 2.27. The molecule has 0 spiro atoms. The SMILES string of the molecule is Cc1ccc2c(CC(=O)Nc3cccc(S(N)(=O)=O)c3)coc2c1C. The lowest BCUT2D eigenvalue weighted by Gasteiger charge is -2.06. The lowest BCUT2D eigenvalue weighted by Crippen LogP contribution is -2.16. The molecule has 3 rings (SSSR count). The molecule has 25 heavy (non-hydrogen) atoms. The summed E-state index contributed by atoms with van der Waals surface area (Å²) in [5, 5.41) is 8.68. The van der Waals surface area contributed by atoms with Crippen LogP contribution in [-0.2, 0) is 21.2 Å². The highest BCUT2D eigenvalue weighted by molar-refractivity contribution is 7.89. The molecule has 3 aromatic rings. The molecule has 0 aliphatic rings. The third kappa shape index (κ3) is 3.57. The number of rotatable bonds is 4. The van der Waals surface area contributed by atoms with Gasteiger partial charge < -0.3 is 9.73 Å². The number of amides is 1. The van der Waals surface area contributed by atoms with Crippen molar-refractivity contribution in [3.63, 3.8) is 0 Å². The number of primary sulfonamides is 1. The van der Waals surface area contributed by atoms with Crippen molar-refractivity contribution in [2.45, 2.75) is 25.2 Å². The van der Waals surface area contributed by atoms with E-state index in [1.54, 1.807) is 12.3 Å². The fourth-order valence-electron chi connectivity index (χ4n) is 2.65. The summed E-state index contributed by atoms with van der Waals surface area (Å²) < 4.78 is 28.4. The first-order valence-electron chi connectivity index (χ1n) is 7.64. The number of benzene rings is 2. The topological polar surface area (TPSA) is 102 Å². The maximum Gasteiger partial charge on any atom is 0.238 e. The molecular formula is C18H18N2O4S. The summed E-state index contributed by atoms with van der Waals surface area (Å²) >= 11 is 0. The van der Waals surface area contributed by atoms with Gasteiger partial charge in [-0.15, -0.1) is 0 Å². The first-order chi connectivity index (χ1) is 11.8. The zero-order chi connectivity index (χ0) is 18.2. The molecule has 1 heterocycles. The number of sulfonamides is 1. The monoisotopic (exact) mass is 358 g/mol. The Morgan fingerprint density at radius 2 is 1.96 bits per heavy atom. The highest BCUT2D eigenvalue weighted by atomic mass is 32.2. The Morgan fingerprint density at radius 3 is 2.68 bits per heavy atom. The third-order valence-corrected chi connectivity index (χ3v) is 5.05. The Labute approximate surface area is 145 Å². The predicted octanol–water partition coefficient (Wildman–Crippen LogP) is 2.88. The molecule has 0 bridgehead atoms. The Bertz CT molecular complexity index is 1070. The number of fused-ring (bicyclic) bond motifs is 1. The molecule has 1 amide bonds. The Balaban J connectivity index is 1.81. The van der Waals surface area contributed by atoms with Crippen molar-refractivity contribution in [2.75, 3.05) is 5.32 Å². The minimum atomic E-state index is -3.82. The molecule has 0 saturated heterocycles. The van der Waals surface area contributed by atoms with Crippen LogP contribution in [-0.4, -0.2) is 14.3 Å². The molecule has 0 saturated carbocycles. The van der Waals surface area contributed by atoms with E-state index in [1.807, 2.05) is 26.0 Å². The van der Waals surface area contributed by atoms with Gasteiger partial charge in [0.1, 0.15) is 5.58 Å². The minimum Gasteiger partial charge on any atom is -0.464 e. The number of carbonyl (C=O) groups is 1. The van der Waals surface area contributed by atoms with E-state index < -0.39 is 10.0 Å². The van der Waals surface area contributed by atoms with E-state index >= 15 is 0 Å². The summed E-state index contributed by atoms with van der Waals surface area (Å²) in [5.41, 5.74) is 4.09. The van der Waals surface area contributed by atoms with E-state index in [0.29, 0.717) is 5.69 Å². The van der Waals surface area contributed by atoms with Gasteiger partial charge in [0.2, 0.25) is 15.9 Å². The van der Waals surface area contributed by atoms with Crippen LogP contribution in [0.3, 0.4) is 0 Å². The van der Waals surface area contributed by atoms with Crippen molar-refractivity contribution in [3.8, 4) is 0 Å². The first-order valence-corrected chi connectivity index (χ1v) is 9.19. The summed E-state index contributed by atoms with van der Waals surface area (Å²) in [6.07, 6.45) is 1.70. The standard InChI is InChI=1S/C18H18N2O4S/c1-11-6-7-16-13(10-24-18(16)12(11)2)8-17(21)20-14-4-3-5-15(9-14)25(19,22)23/h3-7,9-10H,8H2,1-2H3,(H,20,21)(H2,19,22,23). The van der Waals surface area contributed by atoms with Crippen LogP contribution in [0.15, 0.2) is 52.0 Å². The number of aryl methyl sites for hydroxylation is 2. The van der Waals surface area contributed by atoms with Gasteiger partial charge in [-0.1, -0.05) is 18.2 Å². The Hall–Kier alpha value is -2.64. The largest absolute Gasteiger partial charge is 0.464 e. The van der Waals surface area contributed by atoms with Gasteiger partial charge in [-0.3, -0.25) is 4.79 Å². The molecule has 0 atom stereocenters. The van der Waals surface area contributed by atoms with Crippen molar-refractivity contribution in [1.82, 2.24) is 0 Å². The second kappa shape index (κ2) is 6.34. The van der Waals surface area contributed by atoms with Gasteiger partial charge in [-0.05, 0) is 43.2 Å². The van der Waals surface area contributed by atoms with Crippen LogP contribution >= 0.6 is 0 Å². The Kier molecular flexibility index (Phi) is 4.36. The van der Waals surface area contributed by atoms with Crippen LogP contribution in [0.1, 0.15) is 16.7 Å². The second-order valence-electron chi connectivity index (χ2n) is 5.94. The first kappa shape index (κ1) is 17.2. The number of anilines is 1. The smallest absolute Gasteiger partial charge is 0.238 e. The van der Waals surface area contributed by atoms with E-state index in [0.717, 1.165) is 27.7 Å². The quantitative estimate of drug-likeness (QED) is 0.748. The van der Waals surface area contributed by atoms with E-state index in [2.05, 4.69) is 5.32 Å². The fourth-order valence-corrected chi connectivity index (χ4v) is 3.21. The summed E-state index contributed by atoms with van der Waals surface area (Å²) in [5.74, 6) is -0.271. The molecule has 130 valence electrons. The van der Waals surface area contributed by atoms with Crippen LogP contribution in [0, 0.1) is 13.8 Å². The predicted molar refractivity (Wildman–Crippen MR) is 95.8 cm³/mol. The summed E-state index contributed by atoms with van der Waals surface area (Å²) in [7, 11) is -3.82. The van der Waals surface area contributed by atoms with Gasteiger partial charge in [0.05, 0.1) is 17.6 Å². The van der Waals surface area contributed by atoms with Crippen LogP contribution in [0.25, 0.3) is 11.0 Å². The molecule has 6 nitrogen and oxygen atoms in total. The van der Waals surface area contributed by atoms with E-state index in [1.165, 1.54) is 18.2 Å². The molecule has 1 aromatic heterocycles. The maximum atomic E-state index is 12.3. The molecule has 0 fully saturated rings.